The molecule has 0 spiro atoms. The fraction of sp³-hybridized carbons (Fsp3) is 0.647. The van der Waals surface area contributed by atoms with E-state index in [-0.39, 0.29) is 6.61 Å². The predicted octanol–water partition coefficient (Wildman–Crippen LogP) is 3.51. The van der Waals surface area contributed by atoms with E-state index in [1.165, 1.54) is 19.3 Å². The van der Waals surface area contributed by atoms with Gasteiger partial charge in [-0.15, -0.1) is 0 Å². The number of aliphatic hydroxyl groups excluding tert-OH is 1. The Kier molecular flexibility index (Phi) is 9.18. The topological polar surface area (TPSA) is 46.1 Å². The molecule has 0 radical (unpaired) electrons. The summed E-state index contributed by atoms with van der Waals surface area (Å²) in [5, 5.41) is 13.2. The molecule has 1 aromatic rings. The molecule has 0 amide bonds. The van der Waals surface area contributed by atoms with Gasteiger partial charge < -0.3 is 15.2 Å². The van der Waals surface area contributed by atoms with Crippen LogP contribution in [0, 0.1) is 5.92 Å². The Morgan fingerprint density at radius 1 is 1.18 bits per heavy atom. The van der Waals surface area contributed by atoms with Crippen molar-refractivity contribution in [1.82, 2.24) is 0 Å². The third-order valence-corrected chi connectivity index (χ3v) is 4.12. The fourth-order valence-corrected chi connectivity index (χ4v) is 2.53. The molecule has 22 heavy (non-hydrogen) atoms. The summed E-state index contributed by atoms with van der Waals surface area (Å²) in [4.78, 5) is 0. The van der Waals surface area contributed by atoms with E-state index in [1.807, 2.05) is 0 Å². The van der Waals surface area contributed by atoms with Gasteiger partial charge in [-0.2, -0.15) is 0 Å². The molecule has 0 aliphatic carbocycles. The molecule has 0 unspecified atom stereocenters. The second-order valence-corrected chi connectivity index (χ2v) is 7.16. The predicted molar refractivity (Wildman–Crippen MR) is 92.9 cm³/mol. The average molecular weight is 349 g/mol. The first kappa shape index (κ1) is 19.6. The Hall–Kier alpha value is -0.480. The summed E-state index contributed by atoms with van der Waals surface area (Å²) in [6.07, 6.45) is 3.14. The van der Waals surface area contributed by atoms with Crippen molar-refractivity contribution in [3.63, 3.8) is 0 Å². The highest BCUT2D eigenvalue weighted by Crippen LogP contribution is 2.27. The molecular weight excluding hydrogens is 321 g/mol. The number of halogens is 2. The van der Waals surface area contributed by atoms with Gasteiger partial charge >= 0.3 is 0 Å². The Labute approximate surface area is 144 Å². The highest BCUT2D eigenvalue weighted by molar-refractivity contribution is 6.34. The van der Waals surface area contributed by atoms with E-state index in [4.69, 9.17) is 27.9 Å². The maximum absolute atomic E-state index is 10.0. The molecular formula is C17H28Cl2NO2+. The van der Waals surface area contributed by atoms with Gasteiger partial charge in [0.15, 0.2) is 0 Å². The molecule has 0 aliphatic rings. The lowest BCUT2D eigenvalue weighted by atomic mass is 10.0. The van der Waals surface area contributed by atoms with Crippen LogP contribution < -0.4 is 10.1 Å². The van der Waals surface area contributed by atoms with Crippen molar-refractivity contribution in [3.05, 3.63) is 28.2 Å². The lowest BCUT2D eigenvalue weighted by Gasteiger charge is -2.16. The molecule has 0 bridgehead atoms. The number of hydrogen-bond acceptors (Lipinski definition) is 2. The van der Waals surface area contributed by atoms with Crippen molar-refractivity contribution in [1.29, 1.82) is 0 Å². The SMILES string of the molecule is CC(C)CCC[C@H](C)[NH2+]C[C@@H](O)COc1cc(Cl)ccc1Cl. The van der Waals surface area contributed by atoms with Crippen LogP contribution in [0.3, 0.4) is 0 Å². The summed E-state index contributed by atoms with van der Waals surface area (Å²) in [6.45, 7) is 7.53. The first-order valence-corrected chi connectivity index (χ1v) is 8.73. The summed E-state index contributed by atoms with van der Waals surface area (Å²) in [6, 6.07) is 5.58. The highest BCUT2D eigenvalue weighted by atomic mass is 35.5. The second kappa shape index (κ2) is 10.3. The Morgan fingerprint density at radius 2 is 1.91 bits per heavy atom. The summed E-state index contributed by atoms with van der Waals surface area (Å²) in [7, 11) is 0. The number of ether oxygens (including phenoxy) is 1. The van der Waals surface area contributed by atoms with Crippen LogP contribution in [-0.2, 0) is 0 Å². The molecule has 5 heteroatoms. The maximum Gasteiger partial charge on any atom is 0.139 e. The van der Waals surface area contributed by atoms with Crippen LogP contribution in [-0.4, -0.2) is 30.4 Å². The van der Waals surface area contributed by atoms with E-state index >= 15 is 0 Å². The standard InChI is InChI=1S/C17H27Cl2NO2/c1-12(2)5-4-6-13(3)20-10-15(21)11-22-17-9-14(18)7-8-16(17)19/h7-9,12-13,15,20-21H,4-6,10-11H2,1-3H3/p+1/t13-,15+/m0/s1. The van der Waals surface area contributed by atoms with Gasteiger partial charge in [-0.3, -0.25) is 0 Å². The smallest absolute Gasteiger partial charge is 0.139 e. The zero-order chi connectivity index (χ0) is 16.5. The molecule has 3 nitrogen and oxygen atoms in total. The van der Waals surface area contributed by atoms with Gasteiger partial charge in [0.2, 0.25) is 0 Å². The molecule has 1 rings (SSSR count). The molecule has 126 valence electrons. The molecule has 0 aliphatic heterocycles. The monoisotopic (exact) mass is 348 g/mol. The van der Waals surface area contributed by atoms with Gasteiger partial charge in [0.05, 0.1) is 11.1 Å². The third-order valence-electron chi connectivity index (χ3n) is 3.58. The van der Waals surface area contributed by atoms with Gasteiger partial charge in [-0.05, 0) is 37.8 Å². The van der Waals surface area contributed by atoms with E-state index in [1.54, 1.807) is 18.2 Å². The van der Waals surface area contributed by atoms with Crippen molar-refractivity contribution in [2.24, 2.45) is 5.92 Å². The van der Waals surface area contributed by atoms with Crippen molar-refractivity contribution in [2.45, 2.75) is 52.2 Å². The number of rotatable bonds is 10. The van der Waals surface area contributed by atoms with Gasteiger partial charge in [0.25, 0.3) is 0 Å². The average Bonchev–Trinajstić information content (AvgIpc) is 2.45. The molecule has 0 fully saturated rings. The number of benzene rings is 1. The second-order valence-electron chi connectivity index (χ2n) is 6.31. The highest BCUT2D eigenvalue weighted by Gasteiger charge is 2.12. The summed E-state index contributed by atoms with van der Waals surface area (Å²) >= 11 is 11.9. The van der Waals surface area contributed by atoms with Crippen molar-refractivity contribution in [3.8, 4) is 5.75 Å². The van der Waals surface area contributed by atoms with Crippen LogP contribution in [0.5, 0.6) is 5.75 Å². The van der Waals surface area contributed by atoms with E-state index in [9.17, 15) is 5.11 Å². The zero-order valence-corrected chi connectivity index (χ0v) is 15.2. The zero-order valence-electron chi connectivity index (χ0n) is 13.7. The fourth-order valence-electron chi connectivity index (χ4n) is 2.20. The van der Waals surface area contributed by atoms with Crippen LogP contribution in [0.2, 0.25) is 10.0 Å². The normalized spacial score (nSPS) is 14.1. The molecule has 0 saturated heterocycles. The van der Waals surface area contributed by atoms with Gasteiger partial charge in [0, 0.05) is 11.1 Å². The molecule has 0 aromatic heterocycles. The van der Waals surface area contributed by atoms with Crippen LogP contribution in [0.4, 0.5) is 0 Å². The minimum absolute atomic E-state index is 0.218. The Balaban J connectivity index is 2.23. The maximum atomic E-state index is 10.0. The quantitative estimate of drug-likeness (QED) is 0.679. The lowest BCUT2D eigenvalue weighted by molar-refractivity contribution is -0.692. The summed E-state index contributed by atoms with van der Waals surface area (Å²) in [5.74, 6) is 1.27. The number of nitrogens with two attached hydrogens (primary N) is 1. The van der Waals surface area contributed by atoms with Crippen molar-refractivity contribution < 1.29 is 15.2 Å². The van der Waals surface area contributed by atoms with Gasteiger partial charge in [-0.25, -0.2) is 0 Å². The number of hydrogen-bond donors (Lipinski definition) is 2. The van der Waals surface area contributed by atoms with Crippen LogP contribution >= 0.6 is 23.2 Å². The Bertz CT molecular complexity index is 441. The van der Waals surface area contributed by atoms with E-state index in [0.717, 1.165) is 5.92 Å². The summed E-state index contributed by atoms with van der Waals surface area (Å²) in [5.41, 5.74) is 0. The van der Waals surface area contributed by atoms with Crippen LogP contribution in [0.1, 0.15) is 40.0 Å². The van der Waals surface area contributed by atoms with Crippen molar-refractivity contribution >= 4 is 23.2 Å². The lowest BCUT2D eigenvalue weighted by Crippen LogP contribution is -2.91. The van der Waals surface area contributed by atoms with E-state index < -0.39 is 6.10 Å². The third kappa shape index (κ3) is 8.23. The van der Waals surface area contributed by atoms with Crippen LogP contribution in [0.25, 0.3) is 0 Å². The molecule has 1 aromatic carbocycles. The molecule has 2 atom stereocenters. The van der Waals surface area contributed by atoms with Crippen LogP contribution in [0.15, 0.2) is 18.2 Å². The largest absolute Gasteiger partial charge is 0.489 e. The van der Waals surface area contributed by atoms with Gasteiger partial charge in [-0.1, -0.05) is 43.5 Å². The van der Waals surface area contributed by atoms with E-state index in [0.29, 0.717) is 28.4 Å². The first-order chi connectivity index (χ1) is 10.4. The van der Waals surface area contributed by atoms with Crippen molar-refractivity contribution in [2.75, 3.05) is 13.2 Å². The first-order valence-electron chi connectivity index (χ1n) is 7.97. The van der Waals surface area contributed by atoms with E-state index in [2.05, 4.69) is 26.1 Å². The minimum atomic E-state index is -0.525. The minimum Gasteiger partial charge on any atom is -0.489 e. The number of aliphatic hydroxyl groups is 1. The van der Waals surface area contributed by atoms with Gasteiger partial charge in [0.1, 0.15) is 25.0 Å². The molecule has 0 heterocycles. The number of quaternary nitrogens is 1. The molecule has 0 saturated carbocycles. The summed E-state index contributed by atoms with van der Waals surface area (Å²) < 4.78 is 5.54. The Morgan fingerprint density at radius 3 is 2.59 bits per heavy atom. The molecule has 3 N–H and O–H groups in total.